The van der Waals surface area contributed by atoms with E-state index in [1.807, 2.05) is 6.92 Å². The van der Waals surface area contributed by atoms with Gasteiger partial charge in [-0.25, -0.2) is 0 Å². The number of aliphatic hydroxyl groups excluding tert-OH is 2. The number of nitrogens with one attached hydrogen (secondary N) is 11. The lowest BCUT2D eigenvalue weighted by atomic mass is 10.0. The highest BCUT2D eigenvalue weighted by Crippen LogP contribution is 2.43. The van der Waals surface area contributed by atoms with Gasteiger partial charge < -0.3 is 97.4 Å². The first-order valence-corrected chi connectivity index (χ1v) is 26.1. The molecule has 0 bridgehead atoms. The molecule has 0 radical (unpaired) electrons. The van der Waals surface area contributed by atoms with Gasteiger partial charge in [-0.05, 0) is 97.4 Å². The first-order chi connectivity index (χ1) is 35.9. The fraction of sp³-hybridized carbons (Fsp3) is 0.766. The van der Waals surface area contributed by atoms with Crippen molar-refractivity contribution in [3.8, 4) is 0 Å². The Morgan fingerprint density at radius 1 is 0.658 bits per heavy atom. The van der Waals surface area contributed by atoms with Crippen LogP contribution in [0.3, 0.4) is 0 Å². The average molecular weight is 1080 g/mol. The van der Waals surface area contributed by atoms with Crippen LogP contribution in [0.2, 0.25) is 0 Å². The number of carbonyl (C=O) groups is 11. The van der Waals surface area contributed by atoms with Crippen LogP contribution in [0.5, 0.6) is 0 Å². The maximum Gasteiger partial charge on any atom is 0.246 e. The van der Waals surface area contributed by atoms with Gasteiger partial charge in [0.1, 0.15) is 53.9 Å². The highest BCUT2D eigenvalue weighted by atomic mass is 16.3. The minimum atomic E-state index is -1.73. The van der Waals surface area contributed by atoms with Crippen LogP contribution < -0.4 is 87.2 Å². The number of amides is 11. The van der Waals surface area contributed by atoms with Gasteiger partial charge in [-0.1, -0.05) is 40.0 Å². The minimum absolute atomic E-state index is 0.00850. The topological polar surface area (TPSA) is 491 Å². The highest BCUT2D eigenvalue weighted by Gasteiger charge is 2.60. The molecule has 2 aliphatic rings. The van der Waals surface area contributed by atoms with E-state index in [1.54, 1.807) is 13.8 Å². The van der Waals surface area contributed by atoms with Gasteiger partial charge in [-0.2, -0.15) is 0 Å². The molecule has 2 fully saturated rings. The molecule has 1 saturated heterocycles. The first-order valence-electron chi connectivity index (χ1n) is 26.1. The fourth-order valence-corrected chi connectivity index (χ4v) is 8.31. The van der Waals surface area contributed by atoms with Crippen LogP contribution in [0.25, 0.3) is 0 Å². The van der Waals surface area contributed by atoms with E-state index in [4.69, 9.17) is 28.7 Å². The molecule has 1 spiro atoms. The molecule has 1 saturated carbocycles. The molecule has 1 heterocycles. The quantitative estimate of drug-likeness (QED) is 0.0399. The third-order valence-electron chi connectivity index (χ3n) is 12.9. The largest absolute Gasteiger partial charge is 0.391 e. The zero-order valence-electron chi connectivity index (χ0n) is 44.4. The summed E-state index contributed by atoms with van der Waals surface area (Å²) in [6.45, 7) is 5.91. The molecule has 2 unspecified atom stereocenters. The van der Waals surface area contributed by atoms with E-state index in [0.717, 1.165) is 19.3 Å². The van der Waals surface area contributed by atoms with E-state index in [1.165, 1.54) is 13.8 Å². The van der Waals surface area contributed by atoms with Crippen LogP contribution in [0.4, 0.5) is 0 Å². The van der Waals surface area contributed by atoms with Crippen LogP contribution in [0.1, 0.15) is 105 Å². The lowest BCUT2D eigenvalue weighted by Gasteiger charge is -2.28. The zero-order valence-corrected chi connectivity index (χ0v) is 44.4. The van der Waals surface area contributed by atoms with Gasteiger partial charge in [0, 0.05) is 18.9 Å². The Kier molecular flexibility index (Phi) is 28.8. The number of rotatable bonds is 24. The lowest BCUT2D eigenvalue weighted by Crippen LogP contribution is -2.62. The lowest BCUT2D eigenvalue weighted by molar-refractivity contribution is -0.137. The molecular formula is C47H86N16O13. The maximum atomic E-state index is 14.3. The second-order valence-electron chi connectivity index (χ2n) is 19.6. The molecule has 29 nitrogen and oxygen atoms in total. The second-order valence-corrected chi connectivity index (χ2v) is 19.6. The van der Waals surface area contributed by atoms with E-state index in [2.05, 4.69) is 58.5 Å². The number of nitrogens with two attached hydrogens (primary N) is 5. The molecule has 1 aliphatic carbocycles. The predicted octanol–water partition coefficient (Wildman–Crippen LogP) is -7.88. The van der Waals surface area contributed by atoms with E-state index < -0.39 is 162 Å². The Balaban J connectivity index is 2.55. The monoisotopic (exact) mass is 1080 g/mol. The van der Waals surface area contributed by atoms with Gasteiger partial charge in [-0.3, -0.25) is 52.7 Å². The highest BCUT2D eigenvalue weighted by molar-refractivity contribution is 6.01. The second kappa shape index (κ2) is 33.1. The molecule has 11 amide bonds. The number of aliphatic hydroxyl groups is 2. The van der Waals surface area contributed by atoms with Crippen LogP contribution in [0.15, 0.2) is 0 Å². The number of unbranched alkanes of at least 4 members (excludes halogenated alkanes) is 3. The van der Waals surface area contributed by atoms with Crippen LogP contribution in [-0.4, -0.2) is 187 Å². The Bertz CT molecular complexity index is 2000. The van der Waals surface area contributed by atoms with Crippen molar-refractivity contribution in [2.45, 2.75) is 171 Å². The van der Waals surface area contributed by atoms with Crippen LogP contribution >= 0.6 is 0 Å². The van der Waals surface area contributed by atoms with Gasteiger partial charge in [0.15, 0.2) is 0 Å². The maximum absolute atomic E-state index is 14.3. The van der Waals surface area contributed by atoms with E-state index in [0.29, 0.717) is 6.42 Å². The summed E-state index contributed by atoms with van der Waals surface area (Å²) in [5, 5.41) is 48.9. The average Bonchev–Trinajstić information content (AvgIpc) is 4.08. The number of carbonyl (C=O) groups excluding carboxylic acids is 11. The molecule has 76 heavy (non-hydrogen) atoms. The summed E-state index contributed by atoms with van der Waals surface area (Å²) < 4.78 is 0. The molecule has 0 aromatic heterocycles. The summed E-state index contributed by atoms with van der Waals surface area (Å²) in [6.07, 6.45) is -0.688. The van der Waals surface area contributed by atoms with Gasteiger partial charge >= 0.3 is 0 Å². The summed E-state index contributed by atoms with van der Waals surface area (Å²) >= 11 is 0. The molecule has 432 valence electrons. The van der Waals surface area contributed by atoms with Gasteiger partial charge in [-0.15, -0.1) is 0 Å². The van der Waals surface area contributed by atoms with E-state index in [9.17, 15) is 63.0 Å². The summed E-state index contributed by atoms with van der Waals surface area (Å²) in [6, 6.07) is -11.7. The van der Waals surface area contributed by atoms with Gasteiger partial charge in [0.2, 0.25) is 65.0 Å². The predicted molar refractivity (Wildman–Crippen MR) is 276 cm³/mol. The molecule has 29 heteroatoms. The molecule has 12 atom stereocenters. The zero-order chi connectivity index (χ0) is 57.3. The Morgan fingerprint density at radius 3 is 1.78 bits per heavy atom. The van der Waals surface area contributed by atoms with Crippen LogP contribution in [-0.2, 0) is 52.7 Å². The molecule has 0 aromatic carbocycles. The van der Waals surface area contributed by atoms with Crippen molar-refractivity contribution in [1.29, 1.82) is 0 Å². The first kappa shape index (κ1) is 66.0. The van der Waals surface area contributed by atoms with E-state index >= 15 is 0 Å². The van der Waals surface area contributed by atoms with Crippen molar-refractivity contribution in [3.63, 3.8) is 0 Å². The number of hydrogen-bond acceptors (Lipinski definition) is 18. The third-order valence-corrected chi connectivity index (χ3v) is 12.9. The summed E-state index contributed by atoms with van der Waals surface area (Å²) in [5.74, 6) is -10.8. The SMILES string of the molecule is CCCCCCC(=O)N[C@@H](CCN)C(=O)N[C@H](C(=O)N[C@@H](CCN)C(=O)N[C@H]1CCNC(=O)[C@H]([C@@H](C)O)NC(=O)[C@H](CCN)NC(=O)[C@H](CCN)NC(=O)[C@H](C(C)C)NC(=O)CNC(=O)C2(CC2CN)NC1=O)[C@@H](C)O. The fourth-order valence-electron chi connectivity index (χ4n) is 8.31. The summed E-state index contributed by atoms with van der Waals surface area (Å²) in [5.41, 5.74) is 27.3. The van der Waals surface area contributed by atoms with Crippen molar-refractivity contribution >= 4 is 65.0 Å². The summed E-state index contributed by atoms with van der Waals surface area (Å²) in [7, 11) is 0. The molecule has 1 aliphatic heterocycles. The Morgan fingerprint density at radius 2 is 1.25 bits per heavy atom. The number of hydrogen-bond donors (Lipinski definition) is 18. The van der Waals surface area contributed by atoms with Gasteiger partial charge in [0.05, 0.1) is 18.8 Å². The normalized spacial score (nSPS) is 25.4. The molecule has 2 rings (SSSR count). The Hall–Kier alpha value is -6.11. The molecule has 0 aromatic rings. The van der Waals surface area contributed by atoms with Crippen LogP contribution in [0, 0.1) is 11.8 Å². The third kappa shape index (κ3) is 20.8. The van der Waals surface area contributed by atoms with Gasteiger partial charge in [0.25, 0.3) is 0 Å². The minimum Gasteiger partial charge on any atom is -0.391 e. The van der Waals surface area contributed by atoms with Crippen molar-refractivity contribution in [2.75, 3.05) is 45.8 Å². The van der Waals surface area contributed by atoms with Crippen molar-refractivity contribution in [1.82, 2.24) is 58.5 Å². The Labute approximate surface area is 443 Å². The standard InChI is InChI=1S/C47H86N16O13/c1-6-7-8-9-10-33(66)55-28(11-16-48)40(70)62-37(26(5)65)45(75)59-30(13-18-50)39(69)57-32-15-20-53-43(73)36(25(4)64)61-41(71)31(14-19-51)56-38(68)29(12-17-49)58-44(74)35(24(2)3)60-34(67)23-54-46(76)47(63-42(32)72)21-27(47)22-52/h24-32,35-37,64-65H,6-23,48-52H2,1-5H3,(H,53,73)(H,54,76)(H,55,66)(H,56,68)(H,57,69)(H,58,74)(H,59,75)(H,60,67)(H,61,71)(H,62,70)(H,63,72)/t25-,26-,27?,28+,29+,30+,31+,32+,35+,36+,37+,47?/m1/s1. The van der Waals surface area contributed by atoms with Crippen molar-refractivity contribution in [3.05, 3.63) is 0 Å². The smallest absolute Gasteiger partial charge is 0.246 e. The van der Waals surface area contributed by atoms with Crippen molar-refractivity contribution < 1.29 is 63.0 Å². The summed E-state index contributed by atoms with van der Waals surface area (Å²) in [4.78, 5) is 150. The molecular weight excluding hydrogens is 997 g/mol. The van der Waals surface area contributed by atoms with Crippen molar-refractivity contribution in [2.24, 2.45) is 40.5 Å². The van der Waals surface area contributed by atoms with E-state index in [-0.39, 0.29) is 71.2 Å². The molecule has 23 N–H and O–H groups in total.